The van der Waals surface area contributed by atoms with Crippen molar-refractivity contribution in [1.29, 1.82) is 0 Å². The van der Waals surface area contributed by atoms with Gasteiger partial charge < -0.3 is 16.0 Å². The van der Waals surface area contributed by atoms with Crippen LogP contribution in [0.15, 0.2) is 91.0 Å². The van der Waals surface area contributed by atoms with Gasteiger partial charge in [-0.05, 0) is 91.0 Å². The zero-order valence-electron chi connectivity index (χ0n) is 15.8. The van der Waals surface area contributed by atoms with E-state index in [9.17, 15) is 0 Å². The van der Waals surface area contributed by atoms with E-state index in [0.717, 1.165) is 34.1 Å². The quantitative estimate of drug-likeness (QED) is 0.272. The number of rotatable bonds is 6. The fraction of sp³-hybridized carbons (Fsp3) is 0. The van der Waals surface area contributed by atoms with Crippen LogP contribution < -0.4 is 16.0 Å². The molecule has 0 bridgehead atoms. The molecule has 0 saturated carbocycles. The van der Waals surface area contributed by atoms with Gasteiger partial charge in [0.25, 0.3) is 0 Å². The van der Waals surface area contributed by atoms with Gasteiger partial charge in [-0.3, -0.25) is 0 Å². The maximum Gasteiger partial charge on any atom is 0.0425 e. The van der Waals surface area contributed by atoms with Crippen LogP contribution in [0.5, 0.6) is 0 Å². The molecule has 3 nitrogen and oxygen atoms in total. The average Bonchev–Trinajstić information content (AvgIpc) is 2.73. The first-order valence-corrected chi connectivity index (χ1v) is 10.4. The van der Waals surface area contributed by atoms with Crippen molar-refractivity contribution in [2.45, 2.75) is 0 Å². The molecule has 4 aromatic carbocycles. The molecule has 0 aliphatic heterocycles. The van der Waals surface area contributed by atoms with Crippen LogP contribution >= 0.6 is 34.8 Å². The molecule has 0 heterocycles. The van der Waals surface area contributed by atoms with E-state index in [0.29, 0.717) is 15.1 Å². The van der Waals surface area contributed by atoms with Gasteiger partial charge >= 0.3 is 0 Å². The van der Waals surface area contributed by atoms with Crippen LogP contribution in [0, 0.1) is 0 Å². The molecule has 0 unspecified atom stereocenters. The highest BCUT2D eigenvalue weighted by molar-refractivity contribution is 6.31. The van der Waals surface area contributed by atoms with E-state index in [1.165, 1.54) is 0 Å². The summed E-state index contributed by atoms with van der Waals surface area (Å²) >= 11 is 18.0. The number of nitrogens with one attached hydrogen (secondary N) is 3. The molecule has 0 amide bonds. The van der Waals surface area contributed by atoms with Gasteiger partial charge in [0.1, 0.15) is 0 Å². The summed E-state index contributed by atoms with van der Waals surface area (Å²) in [6, 6.07) is 28.9. The Morgan fingerprint density at radius 1 is 0.333 bits per heavy atom. The smallest absolute Gasteiger partial charge is 0.0425 e. The van der Waals surface area contributed by atoms with Crippen LogP contribution in [-0.2, 0) is 0 Å². The van der Waals surface area contributed by atoms with Crippen molar-refractivity contribution in [2.75, 3.05) is 16.0 Å². The lowest BCUT2D eigenvalue weighted by molar-refractivity contribution is 1.49. The average molecular weight is 455 g/mol. The van der Waals surface area contributed by atoms with Crippen LogP contribution in [0.4, 0.5) is 34.1 Å². The third kappa shape index (κ3) is 5.61. The molecule has 0 saturated heterocycles. The Kier molecular flexibility index (Phi) is 6.34. The Hall–Kier alpha value is -2.85. The summed E-state index contributed by atoms with van der Waals surface area (Å²) < 4.78 is 0. The Labute approximate surface area is 190 Å². The number of hydrogen-bond acceptors (Lipinski definition) is 3. The standard InChI is InChI=1S/C24H18Cl3N3/c25-16-1-7-19(8-2-16)28-22-13-23(29-20-9-3-17(26)4-10-20)15-24(14-22)30-21-11-5-18(27)6-12-21/h1-15,28-30H. The molecule has 0 aromatic heterocycles. The fourth-order valence-corrected chi connectivity index (χ4v) is 3.32. The van der Waals surface area contributed by atoms with Crippen molar-refractivity contribution in [3.05, 3.63) is 106 Å². The van der Waals surface area contributed by atoms with E-state index < -0.39 is 0 Å². The van der Waals surface area contributed by atoms with Gasteiger partial charge in [0.05, 0.1) is 0 Å². The highest BCUT2D eigenvalue weighted by Gasteiger charge is 2.05. The van der Waals surface area contributed by atoms with Crippen molar-refractivity contribution < 1.29 is 0 Å². The first kappa shape index (κ1) is 20.4. The Morgan fingerprint density at radius 3 is 0.800 bits per heavy atom. The van der Waals surface area contributed by atoms with E-state index in [-0.39, 0.29) is 0 Å². The molecule has 30 heavy (non-hydrogen) atoms. The van der Waals surface area contributed by atoms with E-state index in [1.54, 1.807) is 0 Å². The number of hydrogen-bond donors (Lipinski definition) is 3. The van der Waals surface area contributed by atoms with Crippen molar-refractivity contribution in [3.8, 4) is 0 Å². The number of benzene rings is 4. The summed E-state index contributed by atoms with van der Waals surface area (Å²) in [5, 5.41) is 12.4. The molecule has 0 radical (unpaired) electrons. The summed E-state index contributed by atoms with van der Waals surface area (Å²) in [4.78, 5) is 0. The predicted octanol–water partition coefficient (Wildman–Crippen LogP) is 8.88. The van der Waals surface area contributed by atoms with Gasteiger partial charge in [-0.15, -0.1) is 0 Å². The SMILES string of the molecule is Clc1ccc(Nc2cc(Nc3ccc(Cl)cc3)cc(Nc3ccc(Cl)cc3)c2)cc1. The highest BCUT2D eigenvalue weighted by Crippen LogP contribution is 2.30. The third-order valence-corrected chi connectivity index (χ3v) is 5.09. The number of halogens is 3. The van der Waals surface area contributed by atoms with Gasteiger partial charge in [0, 0.05) is 49.2 Å². The third-order valence-electron chi connectivity index (χ3n) is 4.33. The van der Waals surface area contributed by atoms with Crippen LogP contribution in [0.1, 0.15) is 0 Å². The minimum Gasteiger partial charge on any atom is -0.355 e. The molecular formula is C24H18Cl3N3. The molecule has 0 spiro atoms. The Balaban J connectivity index is 1.64. The lowest BCUT2D eigenvalue weighted by Gasteiger charge is -2.15. The summed E-state index contributed by atoms with van der Waals surface area (Å²) in [6.45, 7) is 0. The predicted molar refractivity (Wildman–Crippen MR) is 131 cm³/mol. The van der Waals surface area contributed by atoms with Crippen LogP contribution in [0.3, 0.4) is 0 Å². The summed E-state index contributed by atoms with van der Waals surface area (Å²) in [5.41, 5.74) is 5.61. The molecular weight excluding hydrogens is 437 g/mol. The van der Waals surface area contributed by atoms with Gasteiger partial charge in [0.15, 0.2) is 0 Å². The number of anilines is 6. The molecule has 4 aromatic rings. The minimum atomic E-state index is 0.698. The Bertz CT molecular complexity index is 967. The maximum atomic E-state index is 6.00. The summed E-state index contributed by atoms with van der Waals surface area (Å²) in [6.07, 6.45) is 0. The van der Waals surface area contributed by atoms with Gasteiger partial charge in [-0.2, -0.15) is 0 Å². The zero-order chi connectivity index (χ0) is 20.9. The van der Waals surface area contributed by atoms with Crippen LogP contribution in [-0.4, -0.2) is 0 Å². The van der Waals surface area contributed by atoms with E-state index in [2.05, 4.69) is 16.0 Å². The van der Waals surface area contributed by atoms with Crippen molar-refractivity contribution in [3.63, 3.8) is 0 Å². The summed E-state index contributed by atoms with van der Waals surface area (Å²) in [5.74, 6) is 0. The van der Waals surface area contributed by atoms with Crippen molar-refractivity contribution >= 4 is 68.9 Å². The lowest BCUT2D eigenvalue weighted by atomic mass is 10.2. The topological polar surface area (TPSA) is 36.1 Å². The van der Waals surface area contributed by atoms with E-state index in [1.807, 2.05) is 91.0 Å². The molecule has 3 N–H and O–H groups in total. The highest BCUT2D eigenvalue weighted by atomic mass is 35.5. The van der Waals surface area contributed by atoms with Crippen molar-refractivity contribution in [2.24, 2.45) is 0 Å². The molecule has 0 aliphatic carbocycles. The molecule has 4 rings (SSSR count). The molecule has 0 fully saturated rings. The second kappa shape index (κ2) is 9.31. The zero-order valence-corrected chi connectivity index (χ0v) is 18.1. The molecule has 0 atom stereocenters. The van der Waals surface area contributed by atoms with Gasteiger partial charge in [-0.25, -0.2) is 0 Å². The van der Waals surface area contributed by atoms with E-state index >= 15 is 0 Å². The molecule has 150 valence electrons. The normalized spacial score (nSPS) is 10.5. The maximum absolute atomic E-state index is 6.00. The Morgan fingerprint density at radius 2 is 0.567 bits per heavy atom. The van der Waals surface area contributed by atoms with Gasteiger partial charge in [0.2, 0.25) is 0 Å². The lowest BCUT2D eigenvalue weighted by Crippen LogP contribution is -1.97. The molecule has 0 aliphatic rings. The van der Waals surface area contributed by atoms with Crippen LogP contribution in [0.25, 0.3) is 0 Å². The van der Waals surface area contributed by atoms with Gasteiger partial charge in [-0.1, -0.05) is 34.8 Å². The second-order valence-electron chi connectivity index (χ2n) is 6.69. The second-order valence-corrected chi connectivity index (χ2v) is 8.00. The van der Waals surface area contributed by atoms with Crippen molar-refractivity contribution in [1.82, 2.24) is 0 Å². The van der Waals surface area contributed by atoms with E-state index in [4.69, 9.17) is 34.8 Å². The minimum absolute atomic E-state index is 0.698. The fourth-order valence-electron chi connectivity index (χ4n) is 2.94. The van der Waals surface area contributed by atoms with Crippen LogP contribution in [0.2, 0.25) is 15.1 Å². The first-order chi connectivity index (χ1) is 14.5. The monoisotopic (exact) mass is 453 g/mol. The largest absolute Gasteiger partial charge is 0.355 e. The summed E-state index contributed by atoms with van der Waals surface area (Å²) in [7, 11) is 0. The first-order valence-electron chi connectivity index (χ1n) is 9.26. The molecule has 6 heteroatoms.